The summed E-state index contributed by atoms with van der Waals surface area (Å²) in [7, 11) is 1.74. The first-order valence-electron chi connectivity index (χ1n) is 6.07. The van der Waals surface area contributed by atoms with Gasteiger partial charge in [0.1, 0.15) is 5.75 Å². The number of hydrogen-bond acceptors (Lipinski definition) is 1. The molecular formula is C16H20O. The molecule has 1 nitrogen and oxygen atoms in total. The molecule has 1 aliphatic carbocycles. The summed E-state index contributed by atoms with van der Waals surface area (Å²) in [5.74, 6) is 0.969. The zero-order valence-corrected chi connectivity index (χ0v) is 11.1. The first-order chi connectivity index (χ1) is 8.05. The highest BCUT2D eigenvalue weighted by molar-refractivity contribution is 5.50. The number of benzene rings is 1. The molecule has 0 spiro atoms. The Kier molecular flexibility index (Phi) is 3.10. The van der Waals surface area contributed by atoms with Crippen molar-refractivity contribution in [2.45, 2.75) is 32.6 Å². The molecule has 1 aliphatic rings. The molecule has 17 heavy (non-hydrogen) atoms. The van der Waals surface area contributed by atoms with Crippen molar-refractivity contribution in [1.82, 2.24) is 0 Å². The van der Waals surface area contributed by atoms with Crippen LogP contribution < -0.4 is 4.74 Å². The van der Waals surface area contributed by atoms with Crippen LogP contribution in [0.2, 0.25) is 0 Å². The van der Waals surface area contributed by atoms with E-state index in [9.17, 15) is 0 Å². The normalized spacial score (nSPS) is 15.5. The standard InChI is InChI=1S/C16H20O/c1-12-9-10-13(11-12)16(2,3)14-7-5-6-8-15(14)17-4/h5-8,10-11H,9H2,1-4H3. The van der Waals surface area contributed by atoms with Crippen LogP contribution in [0.4, 0.5) is 0 Å². The zero-order chi connectivity index (χ0) is 12.5. The third-order valence-electron chi connectivity index (χ3n) is 3.55. The SMILES string of the molecule is COc1ccccc1C(C)(C)C1=CCC(C)=C1. The first-order valence-corrected chi connectivity index (χ1v) is 6.07. The molecule has 0 saturated carbocycles. The number of para-hydroxylation sites is 1. The number of ether oxygens (including phenoxy) is 1. The molecule has 0 radical (unpaired) electrons. The maximum atomic E-state index is 5.47. The fourth-order valence-electron chi connectivity index (χ4n) is 2.41. The highest BCUT2D eigenvalue weighted by atomic mass is 16.5. The van der Waals surface area contributed by atoms with Gasteiger partial charge in [-0.05, 0) is 25.0 Å². The quantitative estimate of drug-likeness (QED) is 0.751. The summed E-state index contributed by atoms with van der Waals surface area (Å²) in [4.78, 5) is 0. The van der Waals surface area contributed by atoms with E-state index in [4.69, 9.17) is 4.74 Å². The van der Waals surface area contributed by atoms with E-state index >= 15 is 0 Å². The number of allylic oxidation sites excluding steroid dienone is 4. The zero-order valence-electron chi connectivity index (χ0n) is 11.1. The van der Waals surface area contributed by atoms with Gasteiger partial charge in [0.2, 0.25) is 0 Å². The number of hydrogen-bond donors (Lipinski definition) is 0. The molecule has 0 N–H and O–H groups in total. The Balaban J connectivity index is 2.44. The summed E-state index contributed by atoms with van der Waals surface area (Å²) in [5, 5.41) is 0. The van der Waals surface area contributed by atoms with E-state index in [1.165, 1.54) is 16.7 Å². The van der Waals surface area contributed by atoms with Gasteiger partial charge in [-0.3, -0.25) is 0 Å². The topological polar surface area (TPSA) is 9.23 Å². The lowest BCUT2D eigenvalue weighted by Crippen LogP contribution is -2.19. The van der Waals surface area contributed by atoms with Crippen LogP contribution in [0.1, 0.15) is 32.8 Å². The largest absolute Gasteiger partial charge is 0.496 e. The van der Waals surface area contributed by atoms with Crippen LogP contribution in [0.25, 0.3) is 0 Å². The Morgan fingerprint density at radius 2 is 1.88 bits per heavy atom. The van der Waals surface area contributed by atoms with Gasteiger partial charge in [-0.15, -0.1) is 0 Å². The van der Waals surface area contributed by atoms with Gasteiger partial charge in [-0.1, -0.05) is 49.8 Å². The fourth-order valence-corrected chi connectivity index (χ4v) is 2.41. The smallest absolute Gasteiger partial charge is 0.122 e. The molecule has 0 bridgehead atoms. The Morgan fingerprint density at radius 1 is 1.18 bits per heavy atom. The van der Waals surface area contributed by atoms with Crippen LogP contribution in [0.5, 0.6) is 5.75 Å². The predicted molar refractivity (Wildman–Crippen MR) is 72.5 cm³/mol. The van der Waals surface area contributed by atoms with Crippen molar-refractivity contribution in [2.24, 2.45) is 0 Å². The van der Waals surface area contributed by atoms with Crippen molar-refractivity contribution in [2.75, 3.05) is 7.11 Å². The lowest BCUT2D eigenvalue weighted by atomic mass is 9.77. The maximum absolute atomic E-state index is 5.47. The van der Waals surface area contributed by atoms with Crippen molar-refractivity contribution in [3.8, 4) is 5.75 Å². The Hall–Kier alpha value is -1.50. The average molecular weight is 228 g/mol. The van der Waals surface area contributed by atoms with Gasteiger partial charge in [0.15, 0.2) is 0 Å². The van der Waals surface area contributed by atoms with Crippen LogP contribution >= 0.6 is 0 Å². The molecule has 2 rings (SSSR count). The van der Waals surface area contributed by atoms with Crippen molar-refractivity contribution in [3.05, 3.63) is 53.1 Å². The third kappa shape index (κ3) is 2.14. The molecule has 0 unspecified atom stereocenters. The molecule has 0 fully saturated rings. The van der Waals surface area contributed by atoms with Crippen LogP contribution in [0.3, 0.4) is 0 Å². The lowest BCUT2D eigenvalue weighted by Gasteiger charge is -2.28. The molecule has 90 valence electrons. The highest BCUT2D eigenvalue weighted by Crippen LogP contribution is 2.40. The fraction of sp³-hybridized carbons (Fsp3) is 0.375. The Bertz CT molecular complexity index is 478. The second-order valence-electron chi connectivity index (χ2n) is 5.18. The van der Waals surface area contributed by atoms with Gasteiger partial charge in [-0.25, -0.2) is 0 Å². The van der Waals surface area contributed by atoms with E-state index in [-0.39, 0.29) is 5.41 Å². The highest BCUT2D eigenvalue weighted by Gasteiger charge is 2.28. The predicted octanol–water partition coefficient (Wildman–Crippen LogP) is 4.25. The van der Waals surface area contributed by atoms with Crippen molar-refractivity contribution < 1.29 is 4.74 Å². The molecule has 0 aliphatic heterocycles. The van der Waals surface area contributed by atoms with E-state index in [0.717, 1.165) is 12.2 Å². The summed E-state index contributed by atoms with van der Waals surface area (Å²) >= 11 is 0. The summed E-state index contributed by atoms with van der Waals surface area (Å²) < 4.78 is 5.47. The van der Waals surface area contributed by atoms with E-state index in [0.29, 0.717) is 0 Å². The molecular weight excluding hydrogens is 208 g/mol. The second-order valence-corrected chi connectivity index (χ2v) is 5.18. The molecule has 0 atom stereocenters. The van der Waals surface area contributed by atoms with Gasteiger partial charge in [0.25, 0.3) is 0 Å². The number of rotatable bonds is 3. The minimum Gasteiger partial charge on any atom is -0.496 e. The van der Waals surface area contributed by atoms with Crippen molar-refractivity contribution in [3.63, 3.8) is 0 Å². The summed E-state index contributed by atoms with van der Waals surface area (Å²) in [6, 6.07) is 8.28. The van der Waals surface area contributed by atoms with Gasteiger partial charge in [0.05, 0.1) is 7.11 Å². The van der Waals surface area contributed by atoms with E-state index in [1.807, 2.05) is 12.1 Å². The molecule has 1 heteroatoms. The van der Waals surface area contributed by atoms with E-state index in [1.54, 1.807) is 7.11 Å². The van der Waals surface area contributed by atoms with Gasteiger partial charge in [-0.2, -0.15) is 0 Å². The van der Waals surface area contributed by atoms with E-state index < -0.39 is 0 Å². The molecule has 0 amide bonds. The minimum atomic E-state index is 0.00433. The lowest BCUT2D eigenvalue weighted by molar-refractivity contribution is 0.401. The Labute approximate surface area is 104 Å². The minimum absolute atomic E-state index is 0.00433. The molecule has 0 heterocycles. The van der Waals surface area contributed by atoms with Gasteiger partial charge in [0, 0.05) is 11.0 Å². The van der Waals surface area contributed by atoms with Crippen LogP contribution in [-0.2, 0) is 5.41 Å². The summed E-state index contributed by atoms with van der Waals surface area (Å²) in [6.45, 7) is 6.69. The molecule has 0 saturated heterocycles. The molecule has 0 aromatic heterocycles. The second kappa shape index (κ2) is 4.40. The Morgan fingerprint density at radius 3 is 2.47 bits per heavy atom. The third-order valence-corrected chi connectivity index (χ3v) is 3.55. The summed E-state index contributed by atoms with van der Waals surface area (Å²) in [5.41, 5.74) is 4.08. The van der Waals surface area contributed by atoms with Crippen LogP contribution in [0, 0.1) is 0 Å². The molecule has 1 aromatic rings. The van der Waals surface area contributed by atoms with Gasteiger partial charge >= 0.3 is 0 Å². The van der Waals surface area contributed by atoms with E-state index in [2.05, 4.69) is 45.1 Å². The van der Waals surface area contributed by atoms with Crippen molar-refractivity contribution in [1.29, 1.82) is 0 Å². The maximum Gasteiger partial charge on any atom is 0.122 e. The monoisotopic (exact) mass is 228 g/mol. The number of methoxy groups -OCH3 is 1. The van der Waals surface area contributed by atoms with Crippen LogP contribution in [0.15, 0.2) is 47.6 Å². The average Bonchev–Trinajstić information content (AvgIpc) is 2.76. The molecule has 1 aromatic carbocycles. The summed E-state index contributed by atoms with van der Waals surface area (Å²) in [6.07, 6.45) is 5.70. The van der Waals surface area contributed by atoms with Crippen molar-refractivity contribution >= 4 is 0 Å². The first kappa shape index (κ1) is 12.0. The van der Waals surface area contributed by atoms with Gasteiger partial charge < -0.3 is 4.74 Å². The van der Waals surface area contributed by atoms with Crippen LogP contribution in [-0.4, -0.2) is 7.11 Å².